The minimum Gasteiger partial charge on any atom is -0.313 e. The molecule has 0 spiro atoms. The lowest BCUT2D eigenvalue weighted by molar-refractivity contribution is 0.482. The Morgan fingerprint density at radius 1 is 1.16 bits per heavy atom. The molecule has 2 N–H and O–H groups in total. The molecule has 1 fully saturated rings. The summed E-state index contributed by atoms with van der Waals surface area (Å²) in [4.78, 5) is 0. The largest absolute Gasteiger partial charge is 0.313 e. The van der Waals surface area contributed by atoms with E-state index in [-0.39, 0.29) is 0 Å². The lowest BCUT2D eigenvalue weighted by Gasteiger charge is -2.17. The van der Waals surface area contributed by atoms with Crippen molar-refractivity contribution >= 4 is 15.9 Å². The second-order valence-corrected chi connectivity index (χ2v) is 6.36. The molecule has 1 aromatic carbocycles. The van der Waals surface area contributed by atoms with E-state index in [1.807, 2.05) is 12.1 Å². The smallest absolute Gasteiger partial charge is 0.301 e. The van der Waals surface area contributed by atoms with Gasteiger partial charge in [-0.1, -0.05) is 19.1 Å². The number of benzene rings is 1. The molecule has 6 heteroatoms. The predicted molar refractivity (Wildman–Crippen MR) is 77.2 cm³/mol. The van der Waals surface area contributed by atoms with Gasteiger partial charge in [0.25, 0.3) is 0 Å². The van der Waals surface area contributed by atoms with Gasteiger partial charge >= 0.3 is 10.2 Å². The number of nitrogens with one attached hydrogen (secondary N) is 2. The highest BCUT2D eigenvalue weighted by Crippen LogP contribution is 2.17. The Morgan fingerprint density at radius 3 is 2.37 bits per heavy atom. The molecule has 1 heterocycles. The average molecular weight is 283 g/mol. The third-order valence-corrected chi connectivity index (χ3v) is 4.72. The fraction of sp³-hybridized carbons (Fsp3) is 0.538. The van der Waals surface area contributed by atoms with Crippen LogP contribution in [0.5, 0.6) is 0 Å². The fourth-order valence-corrected chi connectivity index (χ4v) is 3.40. The van der Waals surface area contributed by atoms with Gasteiger partial charge in [0.05, 0.1) is 0 Å². The molecule has 19 heavy (non-hydrogen) atoms. The van der Waals surface area contributed by atoms with Gasteiger partial charge in [0, 0.05) is 25.3 Å². The molecule has 1 aliphatic heterocycles. The Labute approximate surface area is 115 Å². The minimum atomic E-state index is -3.38. The van der Waals surface area contributed by atoms with Gasteiger partial charge in [0.1, 0.15) is 0 Å². The van der Waals surface area contributed by atoms with Crippen LogP contribution >= 0.6 is 0 Å². The van der Waals surface area contributed by atoms with Gasteiger partial charge in [0.2, 0.25) is 0 Å². The highest BCUT2D eigenvalue weighted by molar-refractivity contribution is 7.90. The van der Waals surface area contributed by atoms with E-state index in [1.165, 1.54) is 4.31 Å². The van der Waals surface area contributed by atoms with E-state index in [9.17, 15) is 8.42 Å². The van der Waals surface area contributed by atoms with Crippen molar-refractivity contribution in [2.45, 2.75) is 26.3 Å². The Hall–Kier alpha value is -1.11. The first-order valence-electron chi connectivity index (χ1n) is 6.69. The maximum Gasteiger partial charge on any atom is 0.301 e. The zero-order chi connectivity index (χ0) is 13.7. The van der Waals surface area contributed by atoms with Crippen LogP contribution in [0.1, 0.15) is 25.3 Å². The Balaban J connectivity index is 1.98. The number of hydrogen-bond acceptors (Lipinski definition) is 3. The minimum absolute atomic E-state index is 0.618. The molecule has 1 saturated heterocycles. The lowest BCUT2D eigenvalue weighted by atomic mass is 10.2. The van der Waals surface area contributed by atoms with Crippen LogP contribution < -0.4 is 10.0 Å². The summed E-state index contributed by atoms with van der Waals surface area (Å²) < 4.78 is 28.2. The van der Waals surface area contributed by atoms with E-state index in [0.29, 0.717) is 18.8 Å². The summed E-state index contributed by atoms with van der Waals surface area (Å²) in [6, 6.07) is 7.48. The normalized spacial score (nSPS) is 16.7. The number of nitrogens with zero attached hydrogens (tertiary/aromatic N) is 1. The summed E-state index contributed by atoms with van der Waals surface area (Å²) in [5.74, 6) is 0. The van der Waals surface area contributed by atoms with Crippen molar-refractivity contribution in [3.8, 4) is 0 Å². The third-order valence-electron chi connectivity index (χ3n) is 3.18. The van der Waals surface area contributed by atoms with Crippen molar-refractivity contribution in [1.29, 1.82) is 0 Å². The van der Waals surface area contributed by atoms with Gasteiger partial charge in [-0.25, -0.2) is 0 Å². The lowest BCUT2D eigenvalue weighted by Crippen LogP contribution is -2.33. The van der Waals surface area contributed by atoms with Gasteiger partial charge < -0.3 is 5.32 Å². The highest BCUT2D eigenvalue weighted by atomic mass is 32.2. The summed E-state index contributed by atoms with van der Waals surface area (Å²) in [5.41, 5.74) is 1.76. The summed E-state index contributed by atoms with van der Waals surface area (Å²) in [6.07, 6.45) is 1.89. The molecule has 2 rings (SSSR count). The average Bonchev–Trinajstić information content (AvgIpc) is 2.92. The third kappa shape index (κ3) is 3.92. The zero-order valence-electron chi connectivity index (χ0n) is 11.2. The van der Waals surface area contributed by atoms with E-state index >= 15 is 0 Å². The number of anilines is 1. The van der Waals surface area contributed by atoms with Crippen LogP contribution in [-0.2, 0) is 16.8 Å². The molecule has 0 unspecified atom stereocenters. The molecule has 0 aromatic heterocycles. The van der Waals surface area contributed by atoms with Gasteiger partial charge in [-0.3, -0.25) is 4.72 Å². The second-order valence-electron chi connectivity index (χ2n) is 4.69. The Bertz CT molecular complexity index is 493. The molecule has 0 saturated carbocycles. The summed E-state index contributed by atoms with van der Waals surface area (Å²) in [7, 11) is -3.38. The maximum absolute atomic E-state index is 12.1. The first-order valence-corrected chi connectivity index (χ1v) is 8.13. The van der Waals surface area contributed by atoms with E-state index in [0.717, 1.165) is 31.5 Å². The van der Waals surface area contributed by atoms with Crippen molar-refractivity contribution in [2.24, 2.45) is 0 Å². The zero-order valence-corrected chi connectivity index (χ0v) is 12.0. The number of hydrogen-bond donors (Lipinski definition) is 2. The van der Waals surface area contributed by atoms with Crippen LogP contribution in [-0.4, -0.2) is 32.4 Å². The topological polar surface area (TPSA) is 61.4 Å². The van der Waals surface area contributed by atoms with Gasteiger partial charge in [0.15, 0.2) is 0 Å². The standard InChI is InChI=1S/C13H21N3O2S/c1-2-14-11-12-5-7-13(8-6-12)15-19(17,18)16-9-3-4-10-16/h5-8,14-15H,2-4,9-11H2,1H3. The monoisotopic (exact) mass is 283 g/mol. The highest BCUT2D eigenvalue weighted by Gasteiger charge is 2.24. The SMILES string of the molecule is CCNCc1ccc(NS(=O)(=O)N2CCCC2)cc1. The fourth-order valence-electron chi connectivity index (χ4n) is 2.10. The van der Waals surface area contributed by atoms with Crippen LogP contribution in [0.15, 0.2) is 24.3 Å². The van der Waals surface area contributed by atoms with Crippen LogP contribution in [0.2, 0.25) is 0 Å². The second kappa shape index (κ2) is 6.36. The maximum atomic E-state index is 12.1. The molecule has 1 aliphatic rings. The van der Waals surface area contributed by atoms with Crippen molar-refractivity contribution < 1.29 is 8.42 Å². The molecule has 0 atom stereocenters. The van der Waals surface area contributed by atoms with Crippen LogP contribution in [0.25, 0.3) is 0 Å². The van der Waals surface area contributed by atoms with Gasteiger partial charge in [-0.15, -0.1) is 0 Å². The van der Waals surface area contributed by atoms with E-state index in [1.54, 1.807) is 12.1 Å². The first kappa shape index (κ1) is 14.3. The summed E-state index contributed by atoms with van der Waals surface area (Å²) in [6.45, 7) is 5.01. The molecule has 0 bridgehead atoms. The molecule has 0 radical (unpaired) electrons. The molecular weight excluding hydrogens is 262 g/mol. The van der Waals surface area contributed by atoms with Crippen LogP contribution in [0.4, 0.5) is 5.69 Å². The van der Waals surface area contributed by atoms with E-state index in [4.69, 9.17) is 0 Å². The van der Waals surface area contributed by atoms with E-state index in [2.05, 4.69) is 17.0 Å². The molecule has 106 valence electrons. The van der Waals surface area contributed by atoms with E-state index < -0.39 is 10.2 Å². The molecular formula is C13H21N3O2S. The molecule has 0 aliphatic carbocycles. The van der Waals surface area contributed by atoms with Crippen molar-refractivity contribution in [2.75, 3.05) is 24.4 Å². The Kier molecular flexibility index (Phi) is 4.79. The summed E-state index contributed by atoms with van der Waals surface area (Å²) in [5, 5.41) is 3.23. The van der Waals surface area contributed by atoms with Gasteiger partial charge in [-0.05, 0) is 37.1 Å². The van der Waals surface area contributed by atoms with Crippen molar-refractivity contribution in [3.05, 3.63) is 29.8 Å². The van der Waals surface area contributed by atoms with Crippen molar-refractivity contribution in [3.63, 3.8) is 0 Å². The quantitative estimate of drug-likeness (QED) is 0.832. The van der Waals surface area contributed by atoms with Crippen LogP contribution in [0, 0.1) is 0 Å². The predicted octanol–water partition coefficient (Wildman–Crippen LogP) is 1.55. The first-order chi connectivity index (χ1) is 9.12. The summed E-state index contributed by atoms with van der Waals surface area (Å²) >= 11 is 0. The van der Waals surface area contributed by atoms with Crippen molar-refractivity contribution in [1.82, 2.24) is 9.62 Å². The van der Waals surface area contributed by atoms with Crippen LogP contribution in [0.3, 0.4) is 0 Å². The Morgan fingerprint density at radius 2 is 1.79 bits per heavy atom. The molecule has 1 aromatic rings. The molecule has 5 nitrogen and oxygen atoms in total. The number of rotatable bonds is 6. The molecule has 0 amide bonds. The van der Waals surface area contributed by atoms with Gasteiger partial charge in [-0.2, -0.15) is 12.7 Å².